The Bertz CT molecular complexity index is 1020. The highest BCUT2D eigenvalue weighted by Gasteiger charge is 2.29. The molecule has 0 aliphatic heterocycles. The summed E-state index contributed by atoms with van der Waals surface area (Å²) in [7, 11) is 0. The van der Waals surface area contributed by atoms with Crippen LogP contribution in [-0.4, -0.2) is 16.0 Å². The van der Waals surface area contributed by atoms with Crippen LogP contribution in [0.3, 0.4) is 0 Å². The quantitative estimate of drug-likeness (QED) is 0.366. The fraction of sp³-hybridized carbons (Fsp3) is 0.316. The largest absolute Gasteiger partial charge is 0.710 e. The van der Waals surface area contributed by atoms with Crippen LogP contribution >= 0.6 is 23.2 Å². The molecule has 5 nitrogen and oxygen atoms in total. The summed E-state index contributed by atoms with van der Waals surface area (Å²) in [5.74, 6) is -0.812. The molecule has 0 radical (unpaired) electrons. The summed E-state index contributed by atoms with van der Waals surface area (Å²) in [4.78, 5) is 8.10. The van der Waals surface area contributed by atoms with E-state index in [0.717, 1.165) is 0 Å². The summed E-state index contributed by atoms with van der Waals surface area (Å²) in [6.45, 7) is 8.15. The second-order valence-electron chi connectivity index (χ2n) is 7.43. The number of halogens is 3. The molecule has 0 aliphatic carbocycles. The maximum absolute atomic E-state index is 15.1. The Morgan fingerprint density at radius 1 is 1.26 bits per heavy atom. The normalized spacial score (nSPS) is 13.0. The average molecular weight is 409 g/mol. The molecule has 142 valence electrons. The summed E-state index contributed by atoms with van der Waals surface area (Å²) in [6, 6.07) is 4.72. The van der Waals surface area contributed by atoms with E-state index in [0.29, 0.717) is 21.0 Å². The van der Waals surface area contributed by atoms with Gasteiger partial charge in [0.2, 0.25) is 0 Å². The fourth-order valence-electron chi connectivity index (χ4n) is 2.56. The Morgan fingerprint density at radius 2 is 1.96 bits per heavy atom. The molecule has 0 saturated carbocycles. The molecule has 0 aliphatic rings. The smallest absolute Gasteiger partial charge is 0.357 e. The molecule has 3 aromatic rings. The molecule has 1 N–H and O–H groups in total. The number of benzene rings is 1. The van der Waals surface area contributed by atoms with Gasteiger partial charge in [0.25, 0.3) is 0 Å². The van der Waals surface area contributed by atoms with Crippen LogP contribution < -0.4 is 10.0 Å². The Balaban J connectivity index is 2.35. The SMILES string of the molecule is CC(Nc1c(-c2ccc(Cl)cc2Cl)c(F)nc2c1ncc[n+]2[O-])C(C)(C)C. The van der Waals surface area contributed by atoms with E-state index in [4.69, 9.17) is 23.2 Å². The molecule has 1 aromatic carbocycles. The molecule has 0 fully saturated rings. The molecule has 1 atom stereocenters. The minimum absolute atomic E-state index is 0.0607. The van der Waals surface area contributed by atoms with E-state index >= 15 is 4.39 Å². The van der Waals surface area contributed by atoms with E-state index in [1.165, 1.54) is 18.5 Å². The van der Waals surface area contributed by atoms with Crippen molar-refractivity contribution < 1.29 is 9.12 Å². The average Bonchev–Trinajstić information content (AvgIpc) is 2.56. The van der Waals surface area contributed by atoms with Gasteiger partial charge in [-0.05, 0) is 29.5 Å². The van der Waals surface area contributed by atoms with Gasteiger partial charge in [-0.2, -0.15) is 4.39 Å². The molecule has 0 amide bonds. The first kappa shape index (κ1) is 19.6. The second kappa shape index (κ2) is 7.09. The Labute approximate surface area is 166 Å². The van der Waals surface area contributed by atoms with E-state index in [9.17, 15) is 5.21 Å². The maximum Gasteiger partial charge on any atom is 0.357 e. The van der Waals surface area contributed by atoms with E-state index in [-0.39, 0.29) is 33.2 Å². The van der Waals surface area contributed by atoms with Gasteiger partial charge in [-0.3, -0.25) is 0 Å². The predicted octanol–water partition coefficient (Wildman–Crippen LogP) is 5.22. The number of nitrogens with one attached hydrogen (secondary N) is 1. The highest BCUT2D eigenvalue weighted by molar-refractivity contribution is 6.36. The molecular formula is C19H19Cl2FN4O. The predicted molar refractivity (Wildman–Crippen MR) is 106 cm³/mol. The molecule has 0 spiro atoms. The summed E-state index contributed by atoms with van der Waals surface area (Å²) in [5, 5.41) is 16.1. The molecule has 0 bridgehead atoms. The van der Waals surface area contributed by atoms with Gasteiger partial charge in [0.1, 0.15) is 6.20 Å². The lowest BCUT2D eigenvalue weighted by molar-refractivity contribution is -0.579. The number of aromatic nitrogens is 3. The van der Waals surface area contributed by atoms with Crippen LogP contribution in [0, 0.1) is 16.6 Å². The fourth-order valence-corrected chi connectivity index (χ4v) is 3.06. The van der Waals surface area contributed by atoms with E-state index in [1.807, 2.05) is 6.92 Å². The van der Waals surface area contributed by atoms with Crippen LogP contribution in [0.25, 0.3) is 22.3 Å². The van der Waals surface area contributed by atoms with Crippen molar-refractivity contribution in [3.8, 4) is 11.1 Å². The number of hydrogen-bond donors (Lipinski definition) is 1. The number of nitrogens with zero attached hydrogens (tertiary/aromatic N) is 3. The Morgan fingerprint density at radius 3 is 2.59 bits per heavy atom. The minimum Gasteiger partial charge on any atom is -0.710 e. The van der Waals surface area contributed by atoms with Gasteiger partial charge in [-0.1, -0.05) is 50.0 Å². The highest BCUT2D eigenvalue weighted by Crippen LogP contribution is 2.40. The third-order valence-corrected chi connectivity index (χ3v) is 5.13. The zero-order valence-electron chi connectivity index (χ0n) is 15.3. The van der Waals surface area contributed by atoms with Crippen molar-refractivity contribution in [2.45, 2.75) is 33.7 Å². The first-order valence-corrected chi connectivity index (χ1v) is 9.14. The molecule has 1 unspecified atom stereocenters. The molecule has 8 heteroatoms. The lowest BCUT2D eigenvalue weighted by Crippen LogP contribution is -2.33. The number of pyridine rings is 1. The van der Waals surface area contributed by atoms with Crippen molar-refractivity contribution >= 4 is 40.1 Å². The minimum atomic E-state index is -0.812. The van der Waals surface area contributed by atoms with E-state index < -0.39 is 5.95 Å². The molecule has 3 rings (SSSR count). The van der Waals surface area contributed by atoms with Crippen molar-refractivity contribution in [2.75, 3.05) is 5.32 Å². The van der Waals surface area contributed by atoms with Crippen LogP contribution in [0.1, 0.15) is 27.7 Å². The van der Waals surface area contributed by atoms with E-state index in [2.05, 4.69) is 36.1 Å². The van der Waals surface area contributed by atoms with Gasteiger partial charge in [0, 0.05) is 16.6 Å². The number of fused-ring (bicyclic) bond motifs is 1. The van der Waals surface area contributed by atoms with Crippen LogP contribution in [0.15, 0.2) is 30.6 Å². The number of rotatable bonds is 3. The molecule has 0 saturated heterocycles. The van der Waals surface area contributed by atoms with Crippen molar-refractivity contribution in [2.24, 2.45) is 5.41 Å². The number of anilines is 1. The van der Waals surface area contributed by atoms with Crippen molar-refractivity contribution in [3.63, 3.8) is 0 Å². The molecule has 27 heavy (non-hydrogen) atoms. The summed E-state index contributed by atoms with van der Waals surface area (Å²) < 4.78 is 15.5. The standard InChI is InChI=1S/C19H19Cl2FN4O/c1-10(19(2,3)4)24-15-14(12-6-5-11(20)9-13(12)21)17(22)25-18-16(15)23-7-8-26(18)27/h5-10H,1-4H3,(H,24,25). The third kappa shape index (κ3) is 3.77. The van der Waals surface area contributed by atoms with Gasteiger partial charge >= 0.3 is 11.6 Å². The van der Waals surface area contributed by atoms with Crippen molar-refractivity contribution in [1.82, 2.24) is 9.97 Å². The van der Waals surface area contributed by atoms with Gasteiger partial charge in [-0.15, -0.1) is 0 Å². The summed E-state index contributed by atoms with van der Waals surface area (Å²) >= 11 is 12.3. The third-order valence-electron chi connectivity index (χ3n) is 4.58. The molecule has 2 heterocycles. The van der Waals surface area contributed by atoms with Gasteiger partial charge in [0.05, 0.1) is 22.5 Å². The highest BCUT2D eigenvalue weighted by atomic mass is 35.5. The van der Waals surface area contributed by atoms with Crippen molar-refractivity contribution in [1.29, 1.82) is 0 Å². The molecule has 2 aromatic heterocycles. The van der Waals surface area contributed by atoms with Crippen LogP contribution in [0.5, 0.6) is 0 Å². The zero-order valence-corrected chi connectivity index (χ0v) is 16.9. The number of hydrogen-bond acceptors (Lipinski definition) is 4. The lowest BCUT2D eigenvalue weighted by Gasteiger charge is -2.30. The first-order chi connectivity index (χ1) is 12.6. The van der Waals surface area contributed by atoms with E-state index in [1.54, 1.807) is 12.1 Å². The monoisotopic (exact) mass is 408 g/mol. The Hall–Kier alpha value is -2.18. The maximum atomic E-state index is 15.1. The van der Waals surface area contributed by atoms with Crippen LogP contribution in [0.2, 0.25) is 10.0 Å². The molecular weight excluding hydrogens is 390 g/mol. The van der Waals surface area contributed by atoms with Crippen molar-refractivity contribution in [3.05, 3.63) is 51.8 Å². The second-order valence-corrected chi connectivity index (χ2v) is 8.28. The van der Waals surface area contributed by atoms with Crippen LogP contribution in [-0.2, 0) is 0 Å². The van der Waals surface area contributed by atoms with Crippen LogP contribution in [0.4, 0.5) is 10.1 Å². The van der Waals surface area contributed by atoms with Gasteiger partial charge < -0.3 is 10.5 Å². The summed E-state index contributed by atoms with van der Waals surface area (Å²) in [6.07, 6.45) is 2.54. The van der Waals surface area contributed by atoms with Gasteiger partial charge in [-0.25, -0.2) is 9.71 Å². The first-order valence-electron chi connectivity index (χ1n) is 8.39. The zero-order chi connectivity index (χ0) is 19.9. The topological polar surface area (TPSA) is 64.8 Å². The Kier molecular flexibility index (Phi) is 5.14. The lowest BCUT2D eigenvalue weighted by atomic mass is 9.87. The van der Waals surface area contributed by atoms with Gasteiger partial charge in [0.15, 0.2) is 5.52 Å². The summed E-state index contributed by atoms with van der Waals surface area (Å²) in [5.41, 5.74) is 0.974.